The maximum absolute atomic E-state index is 5.18. The highest BCUT2D eigenvalue weighted by Crippen LogP contribution is 1.88. The quantitative estimate of drug-likeness (QED) is 0.495. The minimum absolute atomic E-state index is 0.665. The molecule has 0 bridgehead atoms. The molecular formula is C8H17O3. The molecule has 0 aromatic carbocycles. The zero-order chi connectivity index (χ0) is 8.36. The topological polar surface area (TPSA) is 27.7 Å². The third kappa shape index (κ3) is 9.88. The van der Waals surface area contributed by atoms with E-state index in [1.165, 1.54) is 0 Å². The Bertz CT molecular complexity index is 58.4. The van der Waals surface area contributed by atoms with E-state index >= 15 is 0 Å². The van der Waals surface area contributed by atoms with Gasteiger partial charge in [0.15, 0.2) is 0 Å². The van der Waals surface area contributed by atoms with E-state index in [2.05, 4.69) is 6.42 Å². The first-order valence-electron chi connectivity index (χ1n) is 3.79. The van der Waals surface area contributed by atoms with Crippen LogP contribution in [0.5, 0.6) is 0 Å². The zero-order valence-electron chi connectivity index (χ0n) is 7.34. The summed E-state index contributed by atoms with van der Waals surface area (Å²) in [6.07, 6.45) is 3.00. The van der Waals surface area contributed by atoms with Crippen molar-refractivity contribution in [3.8, 4) is 0 Å². The lowest BCUT2D eigenvalue weighted by atomic mass is 10.3. The van der Waals surface area contributed by atoms with Crippen LogP contribution < -0.4 is 0 Å². The van der Waals surface area contributed by atoms with Crippen LogP contribution in [0.25, 0.3) is 0 Å². The number of rotatable bonds is 8. The molecule has 0 atom stereocenters. The van der Waals surface area contributed by atoms with Gasteiger partial charge in [-0.2, -0.15) is 0 Å². The molecule has 0 heterocycles. The second-order valence-corrected chi connectivity index (χ2v) is 2.14. The van der Waals surface area contributed by atoms with Crippen LogP contribution in [0, 0.1) is 6.42 Å². The van der Waals surface area contributed by atoms with Gasteiger partial charge in [0.05, 0.1) is 13.2 Å². The van der Waals surface area contributed by atoms with E-state index in [9.17, 15) is 0 Å². The third-order valence-corrected chi connectivity index (χ3v) is 1.19. The Labute approximate surface area is 68.6 Å². The maximum Gasteiger partial charge on any atom is 0.0700 e. The molecule has 11 heavy (non-hydrogen) atoms. The average Bonchev–Trinajstić information content (AvgIpc) is 2.03. The van der Waals surface area contributed by atoms with Gasteiger partial charge < -0.3 is 14.2 Å². The van der Waals surface area contributed by atoms with E-state index < -0.39 is 0 Å². The molecule has 0 fully saturated rings. The summed E-state index contributed by atoms with van der Waals surface area (Å²) in [6, 6.07) is 0. The van der Waals surface area contributed by atoms with Crippen LogP contribution in [0.1, 0.15) is 6.42 Å². The molecule has 0 spiro atoms. The summed E-state index contributed by atoms with van der Waals surface area (Å²) < 4.78 is 14.8. The Balaban J connectivity index is 2.69. The summed E-state index contributed by atoms with van der Waals surface area (Å²) in [6.45, 7) is 2.79. The van der Waals surface area contributed by atoms with Crippen LogP contribution in [0.3, 0.4) is 0 Å². The molecule has 0 aliphatic rings. The Hall–Kier alpha value is -0.120. The van der Waals surface area contributed by atoms with Crippen LogP contribution in [0.15, 0.2) is 0 Å². The van der Waals surface area contributed by atoms with Crippen molar-refractivity contribution in [1.82, 2.24) is 0 Å². The monoisotopic (exact) mass is 161 g/mol. The normalized spacial score (nSPS) is 10.4. The van der Waals surface area contributed by atoms with Gasteiger partial charge in [-0.3, -0.25) is 0 Å². The van der Waals surface area contributed by atoms with E-state index in [0.29, 0.717) is 19.8 Å². The molecule has 0 amide bonds. The summed E-state index contributed by atoms with van der Waals surface area (Å²) in [5.74, 6) is 0. The number of unbranched alkanes of at least 4 members (excludes halogenated alkanes) is 1. The van der Waals surface area contributed by atoms with Crippen molar-refractivity contribution >= 4 is 0 Å². The van der Waals surface area contributed by atoms with Crippen molar-refractivity contribution in [1.29, 1.82) is 0 Å². The average molecular weight is 161 g/mol. The van der Waals surface area contributed by atoms with Gasteiger partial charge in [0.2, 0.25) is 0 Å². The highest BCUT2D eigenvalue weighted by Gasteiger charge is 1.88. The Morgan fingerprint density at radius 2 is 1.73 bits per heavy atom. The third-order valence-electron chi connectivity index (χ3n) is 1.19. The van der Waals surface area contributed by atoms with Gasteiger partial charge >= 0.3 is 0 Å². The Kier molecular flexibility index (Phi) is 9.77. The van der Waals surface area contributed by atoms with Gasteiger partial charge in [-0.25, -0.2) is 0 Å². The smallest absolute Gasteiger partial charge is 0.0700 e. The molecule has 67 valence electrons. The summed E-state index contributed by atoms with van der Waals surface area (Å²) in [5, 5.41) is 0. The standard InChI is InChI=1S/C8H17O3/c1-9-5-3-4-6-11-8-7-10-2/h4H,3,5-8H2,1-2H3. The van der Waals surface area contributed by atoms with Crippen molar-refractivity contribution in [3.05, 3.63) is 6.42 Å². The predicted molar refractivity (Wildman–Crippen MR) is 43.5 cm³/mol. The van der Waals surface area contributed by atoms with Crippen LogP contribution in [-0.4, -0.2) is 40.6 Å². The fourth-order valence-electron chi connectivity index (χ4n) is 0.593. The second-order valence-electron chi connectivity index (χ2n) is 2.14. The lowest BCUT2D eigenvalue weighted by Gasteiger charge is -2.01. The van der Waals surface area contributed by atoms with E-state index in [1.807, 2.05) is 0 Å². The fourth-order valence-corrected chi connectivity index (χ4v) is 0.593. The number of hydrogen-bond acceptors (Lipinski definition) is 3. The SMILES string of the molecule is COCC[CH]COCCOC. The summed E-state index contributed by atoms with van der Waals surface area (Å²) in [4.78, 5) is 0. The van der Waals surface area contributed by atoms with Gasteiger partial charge in [0.25, 0.3) is 0 Å². The van der Waals surface area contributed by atoms with Crippen molar-refractivity contribution in [2.75, 3.05) is 40.6 Å². The van der Waals surface area contributed by atoms with Crippen molar-refractivity contribution in [2.24, 2.45) is 0 Å². The fraction of sp³-hybridized carbons (Fsp3) is 0.875. The van der Waals surface area contributed by atoms with Gasteiger partial charge in [-0.05, 0) is 12.8 Å². The van der Waals surface area contributed by atoms with Crippen LogP contribution in [-0.2, 0) is 14.2 Å². The molecule has 0 saturated heterocycles. The largest absolute Gasteiger partial charge is 0.385 e. The molecule has 3 heteroatoms. The van der Waals surface area contributed by atoms with Crippen LogP contribution >= 0.6 is 0 Å². The molecule has 0 saturated carbocycles. The first-order chi connectivity index (χ1) is 5.41. The Morgan fingerprint density at radius 3 is 2.36 bits per heavy atom. The summed E-state index contributed by atoms with van der Waals surface area (Å²) in [5.41, 5.74) is 0. The molecule has 1 radical (unpaired) electrons. The van der Waals surface area contributed by atoms with Crippen LogP contribution in [0.4, 0.5) is 0 Å². The van der Waals surface area contributed by atoms with E-state index in [0.717, 1.165) is 13.0 Å². The maximum atomic E-state index is 5.18. The van der Waals surface area contributed by atoms with Gasteiger partial charge in [0.1, 0.15) is 0 Å². The summed E-state index contributed by atoms with van der Waals surface area (Å²) in [7, 11) is 3.36. The zero-order valence-corrected chi connectivity index (χ0v) is 7.34. The molecule has 0 aromatic heterocycles. The van der Waals surface area contributed by atoms with E-state index in [4.69, 9.17) is 14.2 Å². The lowest BCUT2D eigenvalue weighted by Crippen LogP contribution is -2.04. The molecule has 0 rings (SSSR count). The molecule has 3 nitrogen and oxygen atoms in total. The van der Waals surface area contributed by atoms with Crippen molar-refractivity contribution in [2.45, 2.75) is 6.42 Å². The highest BCUT2D eigenvalue weighted by molar-refractivity contribution is 4.61. The molecule has 0 aliphatic carbocycles. The second kappa shape index (κ2) is 9.88. The lowest BCUT2D eigenvalue weighted by molar-refractivity contribution is 0.0786. The Morgan fingerprint density at radius 1 is 1.00 bits per heavy atom. The number of methoxy groups -OCH3 is 2. The minimum atomic E-state index is 0.665. The minimum Gasteiger partial charge on any atom is -0.385 e. The predicted octanol–water partition coefficient (Wildman–Crippen LogP) is 0.890. The molecular weight excluding hydrogens is 144 g/mol. The van der Waals surface area contributed by atoms with Gasteiger partial charge in [0, 0.05) is 27.4 Å². The van der Waals surface area contributed by atoms with Gasteiger partial charge in [-0.15, -0.1) is 0 Å². The molecule has 0 aromatic rings. The first kappa shape index (κ1) is 10.9. The first-order valence-corrected chi connectivity index (χ1v) is 3.79. The molecule has 0 unspecified atom stereocenters. The van der Waals surface area contributed by atoms with E-state index in [1.54, 1.807) is 14.2 Å². The number of hydrogen-bond donors (Lipinski definition) is 0. The van der Waals surface area contributed by atoms with Gasteiger partial charge in [-0.1, -0.05) is 0 Å². The summed E-state index contributed by atoms with van der Waals surface area (Å²) >= 11 is 0. The van der Waals surface area contributed by atoms with Crippen molar-refractivity contribution in [3.63, 3.8) is 0 Å². The van der Waals surface area contributed by atoms with Crippen molar-refractivity contribution < 1.29 is 14.2 Å². The molecule has 0 aliphatic heterocycles. The highest BCUT2D eigenvalue weighted by atomic mass is 16.5. The number of ether oxygens (including phenoxy) is 3. The van der Waals surface area contributed by atoms with E-state index in [-0.39, 0.29) is 0 Å². The van der Waals surface area contributed by atoms with Crippen LogP contribution in [0.2, 0.25) is 0 Å². The molecule has 0 N–H and O–H groups in total.